The quantitative estimate of drug-likeness (QED) is 0.863. The van der Waals surface area contributed by atoms with Gasteiger partial charge in [0.1, 0.15) is 6.54 Å². The Labute approximate surface area is 124 Å². The van der Waals surface area contributed by atoms with Gasteiger partial charge in [-0.15, -0.1) is 5.10 Å². The molecular weight excluding hydrogens is 301 g/mol. The fourth-order valence-electron chi connectivity index (χ4n) is 2.72. The summed E-state index contributed by atoms with van der Waals surface area (Å²) in [6.07, 6.45) is -1.000. The summed E-state index contributed by atoms with van der Waals surface area (Å²) in [5.74, 6) is 0.0818. The van der Waals surface area contributed by atoms with Crippen LogP contribution in [0.4, 0.5) is 13.2 Å². The zero-order chi connectivity index (χ0) is 15.7. The maximum Gasteiger partial charge on any atom is 0.405 e. The van der Waals surface area contributed by atoms with Crippen molar-refractivity contribution in [2.45, 2.75) is 50.5 Å². The Bertz CT molecular complexity index is 541. The van der Waals surface area contributed by atoms with E-state index in [0.717, 1.165) is 19.3 Å². The van der Waals surface area contributed by atoms with Crippen LogP contribution in [0.1, 0.15) is 37.5 Å². The van der Waals surface area contributed by atoms with Crippen LogP contribution in [-0.2, 0) is 11.3 Å². The average molecular weight is 318 g/mol. The molecule has 1 aromatic heterocycles. The molecule has 1 aromatic rings. The maximum absolute atomic E-state index is 12.2. The van der Waals surface area contributed by atoms with Crippen LogP contribution in [-0.4, -0.2) is 56.3 Å². The van der Waals surface area contributed by atoms with Gasteiger partial charge in [-0.25, -0.2) is 4.68 Å². The molecule has 7 nitrogen and oxygen atoms in total. The van der Waals surface area contributed by atoms with Crippen molar-refractivity contribution in [3.05, 3.63) is 5.82 Å². The van der Waals surface area contributed by atoms with Crippen molar-refractivity contribution in [1.29, 1.82) is 0 Å². The van der Waals surface area contributed by atoms with Gasteiger partial charge in [0.2, 0.25) is 5.91 Å². The summed E-state index contributed by atoms with van der Waals surface area (Å²) in [7, 11) is 0. The Morgan fingerprint density at radius 1 is 1.32 bits per heavy atom. The molecule has 122 valence electrons. The lowest BCUT2D eigenvalue weighted by atomic mass is 10.2. The van der Waals surface area contributed by atoms with Crippen LogP contribution < -0.4 is 5.32 Å². The maximum atomic E-state index is 12.2. The Morgan fingerprint density at radius 3 is 2.77 bits per heavy atom. The van der Waals surface area contributed by atoms with Crippen molar-refractivity contribution in [3.8, 4) is 0 Å². The summed E-state index contributed by atoms with van der Waals surface area (Å²) in [5, 5.41) is 13.5. The number of hydrogen-bond donors (Lipinski definition) is 1. The number of hydrogen-bond acceptors (Lipinski definition) is 5. The molecule has 2 aliphatic rings. The zero-order valence-corrected chi connectivity index (χ0v) is 11.9. The van der Waals surface area contributed by atoms with Gasteiger partial charge in [0.25, 0.3) is 0 Å². The van der Waals surface area contributed by atoms with Crippen molar-refractivity contribution >= 4 is 5.91 Å². The Morgan fingerprint density at radius 2 is 2.09 bits per heavy atom. The molecule has 3 rings (SSSR count). The number of nitrogens with zero attached hydrogens (tertiary/aromatic N) is 5. The van der Waals surface area contributed by atoms with Crippen LogP contribution in [0.15, 0.2) is 0 Å². The third kappa shape index (κ3) is 3.54. The molecule has 1 aliphatic heterocycles. The van der Waals surface area contributed by atoms with Crippen LogP contribution in [0.3, 0.4) is 0 Å². The second kappa shape index (κ2) is 5.82. The third-order valence-electron chi connectivity index (χ3n) is 3.93. The summed E-state index contributed by atoms with van der Waals surface area (Å²) < 4.78 is 38.3. The van der Waals surface area contributed by atoms with Crippen LogP contribution >= 0.6 is 0 Å². The summed E-state index contributed by atoms with van der Waals surface area (Å²) in [6.45, 7) is -0.259. The SMILES string of the molecule is O=C(NCC(F)(F)F)[C@H]1CCCN1Cc1nnnn1C1CC1. The minimum Gasteiger partial charge on any atom is -0.346 e. The van der Waals surface area contributed by atoms with Crippen molar-refractivity contribution in [2.24, 2.45) is 0 Å². The first-order chi connectivity index (χ1) is 10.4. The number of carbonyl (C=O) groups is 1. The van der Waals surface area contributed by atoms with Crippen molar-refractivity contribution in [2.75, 3.05) is 13.1 Å². The van der Waals surface area contributed by atoms with Gasteiger partial charge in [-0.3, -0.25) is 9.69 Å². The number of likely N-dealkylation sites (tertiary alicyclic amines) is 1. The number of tetrazole rings is 1. The first-order valence-electron chi connectivity index (χ1n) is 7.29. The fourth-order valence-corrected chi connectivity index (χ4v) is 2.72. The molecule has 1 amide bonds. The van der Waals surface area contributed by atoms with E-state index < -0.39 is 24.7 Å². The molecule has 22 heavy (non-hydrogen) atoms. The molecule has 10 heteroatoms. The number of halogens is 3. The van der Waals surface area contributed by atoms with Crippen molar-refractivity contribution in [1.82, 2.24) is 30.4 Å². The van der Waals surface area contributed by atoms with E-state index in [1.54, 1.807) is 4.68 Å². The normalized spacial score (nSPS) is 23.0. The van der Waals surface area contributed by atoms with E-state index in [1.807, 2.05) is 10.2 Å². The van der Waals surface area contributed by atoms with Crippen LogP contribution in [0.2, 0.25) is 0 Å². The van der Waals surface area contributed by atoms with Crippen LogP contribution in [0, 0.1) is 0 Å². The first kappa shape index (κ1) is 15.2. The smallest absolute Gasteiger partial charge is 0.346 e. The highest BCUT2D eigenvalue weighted by atomic mass is 19.4. The van der Waals surface area contributed by atoms with Gasteiger partial charge >= 0.3 is 6.18 Å². The van der Waals surface area contributed by atoms with Crippen molar-refractivity contribution in [3.63, 3.8) is 0 Å². The molecule has 1 N–H and O–H groups in total. The predicted molar refractivity (Wildman–Crippen MR) is 68.6 cm³/mol. The van der Waals surface area contributed by atoms with E-state index in [4.69, 9.17) is 0 Å². The molecule has 1 atom stereocenters. The number of nitrogens with one attached hydrogen (secondary N) is 1. The Balaban J connectivity index is 1.60. The molecule has 1 saturated heterocycles. The minimum atomic E-state index is -4.39. The second-order valence-corrected chi connectivity index (χ2v) is 5.73. The summed E-state index contributed by atoms with van der Waals surface area (Å²) in [6, 6.07) is -0.225. The van der Waals surface area contributed by atoms with E-state index in [1.165, 1.54) is 0 Å². The predicted octanol–water partition coefficient (Wildman–Crippen LogP) is 0.651. The Kier molecular flexibility index (Phi) is 4.02. The topological polar surface area (TPSA) is 75.9 Å². The van der Waals surface area contributed by atoms with Gasteiger partial charge in [0.05, 0.1) is 18.6 Å². The molecule has 0 spiro atoms. The fraction of sp³-hybridized carbons (Fsp3) is 0.833. The highest BCUT2D eigenvalue weighted by molar-refractivity contribution is 5.82. The van der Waals surface area contributed by atoms with Gasteiger partial charge < -0.3 is 5.32 Å². The van der Waals surface area contributed by atoms with E-state index in [9.17, 15) is 18.0 Å². The molecule has 2 heterocycles. The van der Waals surface area contributed by atoms with E-state index in [0.29, 0.717) is 31.4 Å². The van der Waals surface area contributed by atoms with Crippen LogP contribution in [0.5, 0.6) is 0 Å². The molecule has 0 bridgehead atoms. The summed E-state index contributed by atoms with van der Waals surface area (Å²) >= 11 is 0. The number of carbonyl (C=O) groups excluding carboxylic acids is 1. The largest absolute Gasteiger partial charge is 0.405 e. The van der Waals surface area contributed by atoms with Gasteiger partial charge in [0, 0.05) is 0 Å². The van der Waals surface area contributed by atoms with Gasteiger partial charge in [0.15, 0.2) is 5.82 Å². The van der Waals surface area contributed by atoms with E-state index in [2.05, 4.69) is 15.5 Å². The molecule has 1 aliphatic carbocycles. The van der Waals surface area contributed by atoms with E-state index >= 15 is 0 Å². The average Bonchev–Trinajstić information content (AvgIpc) is 3.01. The molecule has 0 unspecified atom stereocenters. The first-order valence-corrected chi connectivity index (χ1v) is 7.29. The summed E-state index contributed by atoms with van der Waals surface area (Å²) in [4.78, 5) is 13.8. The molecule has 2 fully saturated rings. The second-order valence-electron chi connectivity index (χ2n) is 5.73. The number of rotatable bonds is 5. The van der Waals surface area contributed by atoms with Gasteiger partial charge in [-0.2, -0.15) is 13.2 Å². The monoisotopic (exact) mass is 318 g/mol. The molecular formula is C12H17F3N6O. The van der Waals surface area contributed by atoms with E-state index in [-0.39, 0.29) is 0 Å². The van der Waals surface area contributed by atoms with Gasteiger partial charge in [-0.05, 0) is 42.7 Å². The third-order valence-corrected chi connectivity index (χ3v) is 3.93. The van der Waals surface area contributed by atoms with Crippen LogP contribution in [0.25, 0.3) is 0 Å². The zero-order valence-electron chi connectivity index (χ0n) is 11.9. The lowest BCUT2D eigenvalue weighted by molar-refractivity contribution is -0.141. The summed E-state index contributed by atoms with van der Waals surface area (Å²) in [5.41, 5.74) is 0. The number of amides is 1. The number of alkyl halides is 3. The van der Waals surface area contributed by atoms with Crippen molar-refractivity contribution < 1.29 is 18.0 Å². The standard InChI is InChI=1S/C12H17F3N6O/c13-12(14,15)7-16-11(22)9-2-1-5-20(9)6-10-17-18-19-21(10)8-3-4-8/h8-9H,1-7H2,(H,16,22)/t9-/m1/s1. The van der Waals surface area contributed by atoms with Gasteiger partial charge in [-0.1, -0.05) is 0 Å². The lowest BCUT2D eigenvalue weighted by Crippen LogP contribution is -2.45. The number of aromatic nitrogens is 4. The molecule has 0 aromatic carbocycles. The highest BCUT2D eigenvalue weighted by Gasteiger charge is 2.35. The highest BCUT2D eigenvalue weighted by Crippen LogP contribution is 2.34. The molecule has 0 radical (unpaired) electrons. The minimum absolute atomic E-state index is 0.324. The lowest BCUT2D eigenvalue weighted by Gasteiger charge is -2.23. The molecule has 1 saturated carbocycles. The Hall–Kier alpha value is -1.71.